The fourth-order valence-electron chi connectivity index (χ4n) is 1.12. The van der Waals surface area contributed by atoms with E-state index in [0.29, 0.717) is 5.02 Å². The van der Waals surface area contributed by atoms with Crippen LogP contribution in [0.5, 0.6) is 0 Å². The van der Waals surface area contributed by atoms with Crippen LogP contribution in [0.3, 0.4) is 0 Å². The highest BCUT2D eigenvalue weighted by Crippen LogP contribution is 2.21. The van der Waals surface area contributed by atoms with Gasteiger partial charge in [0.25, 0.3) is 0 Å². The van der Waals surface area contributed by atoms with Gasteiger partial charge in [0.15, 0.2) is 5.88 Å². The van der Waals surface area contributed by atoms with Gasteiger partial charge in [-0.3, -0.25) is 5.01 Å². The number of hydrazine groups is 1. The molecule has 0 spiro atoms. The van der Waals surface area contributed by atoms with Crippen LogP contribution in [-0.2, 0) is 0 Å². The average Bonchev–Trinajstić information content (AvgIpc) is 2.01. The van der Waals surface area contributed by atoms with Crippen molar-refractivity contribution in [2.75, 3.05) is 5.01 Å². The van der Waals surface area contributed by atoms with Crippen molar-refractivity contribution < 1.29 is 5.11 Å². The van der Waals surface area contributed by atoms with Gasteiger partial charge in [0.2, 0.25) is 0 Å². The van der Waals surface area contributed by atoms with Crippen LogP contribution in [0.25, 0.3) is 0 Å². The third-order valence-electron chi connectivity index (χ3n) is 1.71. The second-order valence-electron chi connectivity index (χ2n) is 2.89. The number of aliphatic hydroxyl groups excluding tert-OH is 1. The first kappa shape index (κ1) is 10.7. The summed E-state index contributed by atoms with van der Waals surface area (Å²) in [5.74, 6) is 5.28. The van der Waals surface area contributed by atoms with Crippen LogP contribution in [0.4, 0.5) is 5.69 Å². The Morgan fingerprint density at radius 2 is 2.21 bits per heavy atom. The molecule has 4 nitrogen and oxygen atoms in total. The Kier molecular flexibility index (Phi) is 3.22. The molecule has 1 aromatic carbocycles. The first-order valence-corrected chi connectivity index (χ1v) is 4.35. The van der Waals surface area contributed by atoms with Crippen molar-refractivity contribution in [3.63, 3.8) is 0 Å². The van der Waals surface area contributed by atoms with Crippen molar-refractivity contribution in [1.29, 1.82) is 0 Å². The average molecular weight is 214 g/mol. The fraction of sp³-hybridized carbons (Fsp3) is 0.111. The summed E-state index contributed by atoms with van der Waals surface area (Å²) in [6, 6.07) is 5.24. The number of halogens is 1. The van der Waals surface area contributed by atoms with Gasteiger partial charge >= 0.3 is 0 Å². The lowest BCUT2D eigenvalue weighted by Gasteiger charge is -2.16. The van der Waals surface area contributed by atoms with Crippen molar-refractivity contribution in [1.82, 2.24) is 0 Å². The minimum atomic E-state index is -0.346. The molecule has 0 saturated heterocycles. The minimum absolute atomic E-state index is 0.346. The lowest BCUT2D eigenvalue weighted by Crippen LogP contribution is -2.26. The molecule has 0 aliphatic rings. The Bertz CT molecular complexity index is 361. The Hall–Kier alpha value is -1.39. The summed E-state index contributed by atoms with van der Waals surface area (Å²) in [6.45, 7) is 1.86. The molecule has 5 heteroatoms. The monoisotopic (exact) mass is 213 g/mol. The van der Waals surface area contributed by atoms with E-state index in [1.54, 1.807) is 18.2 Å². The number of benzene rings is 1. The smallest absolute Gasteiger partial charge is 0.199 e. The predicted octanol–water partition coefficient (Wildman–Crippen LogP) is 1.64. The molecule has 0 atom stereocenters. The Morgan fingerprint density at radius 1 is 1.57 bits per heavy atom. The molecular weight excluding hydrogens is 202 g/mol. The van der Waals surface area contributed by atoms with E-state index in [1.165, 1.54) is 11.2 Å². The van der Waals surface area contributed by atoms with E-state index < -0.39 is 0 Å². The number of rotatable bonds is 2. The molecule has 0 unspecified atom stereocenters. The summed E-state index contributed by atoms with van der Waals surface area (Å²) >= 11 is 5.78. The number of hydrogen-bond donors (Lipinski definition) is 3. The molecule has 1 rings (SSSR count). The van der Waals surface area contributed by atoms with Crippen molar-refractivity contribution in [3.8, 4) is 0 Å². The van der Waals surface area contributed by atoms with E-state index in [1.807, 2.05) is 6.92 Å². The van der Waals surface area contributed by atoms with Crippen molar-refractivity contribution in [2.24, 2.45) is 11.6 Å². The molecule has 0 radical (unpaired) electrons. The van der Waals surface area contributed by atoms with Gasteiger partial charge in [0.05, 0.1) is 11.9 Å². The van der Waals surface area contributed by atoms with Crippen LogP contribution in [0.15, 0.2) is 30.3 Å². The van der Waals surface area contributed by atoms with Crippen LogP contribution < -0.4 is 16.6 Å². The second-order valence-corrected chi connectivity index (χ2v) is 3.33. The lowest BCUT2D eigenvalue weighted by atomic mass is 10.2. The number of aliphatic hydroxyl groups is 1. The van der Waals surface area contributed by atoms with Gasteiger partial charge in [0, 0.05) is 5.02 Å². The number of anilines is 1. The third kappa shape index (κ3) is 2.55. The van der Waals surface area contributed by atoms with E-state index in [2.05, 4.69) is 0 Å². The molecule has 14 heavy (non-hydrogen) atoms. The second kappa shape index (κ2) is 4.21. The maximum atomic E-state index is 8.82. The topological polar surface area (TPSA) is 75.5 Å². The first-order chi connectivity index (χ1) is 6.50. The Balaban J connectivity index is 3.02. The summed E-state index contributed by atoms with van der Waals surface area (Å²) < 4.78 is 0. The van der Waals surface area contributed by atoms with Gasteiger partial charge in [-0.2, -0.15) is 0 Å². The number of nitrogens with two attached hydrogens (primary N) is 2. The van der Waals surface area contributed by atoms with Crippen LogP contribution in [0, 0.1) is 6.92 Å². The maximum absolute atomic E-state index is 8.82. The molecule has 76 valence electrons. The Morgan fingerprint density at radius 3 is 2.71 bits per heavy atom. The third-order valence-corrected chi connectivity index (χ3v) is 1.94. The molecule has 0 bridgehead atoms. The molecule has 0 aromatic heterocycles. The van der Waals surface area contributed by atoms with E-state index in [9.17, 15) is 0 Å². The maximum Gasteiger partial charge on any atom is 0.199 e. The zero-order valence-electron chi connectivity index (χ0n) is 7.74. The van der Waals surface area contributed by atoms with Crippen LogP contribution in [0.1, 0.15) is 5.56 Å². The normalized spacial score (nSPS) is 11.5. The largest absolute Gasteiger partial charge is 0.494 e. The number of hydrogen-bond acceptors (Lipinski definition) is 4. The lowest BCUT2D eigenvalue weighted by molar-refractivity contribution is 0.403. The minimum Gasteiger partial charge on any atom is -0.494 e. The van der Waals surface area contributed by atoms with E-state index in [4.69, 9.17) is 28.3 Å². The molecule has 0 aliphatic heterocycles. The summed E-state index contributed by atoms with van der Waals surface area (Å²) in [6.07, 6.45) is 1.22. The number of nitrogens with zero attached hydrogens (tertiary/aromatic N) is 1. The zero-order chi connectivity index (χ0) is 10.7. The highest BCUT2D eigenvalue weighted by molar-refractivity contribution is 6.30. The number of aryl methyl sites for hydroxylation is 1. The summed E-state index contributed by atoms with van der Waals surface area (Å²) in [4.78, 5) is 0. The summed E-state index contributed by atoms with van der Waals surface area (Å²) in [5, 5.41) is 10.7. The molecule has 0 amide bonds. The van der Waals surface area contributed by atoms with Gasteiger partial charge in [-0.15, -0.1) is 0 Å². The molecule has 0 aliphatic carbocycles. The molecule has 1 aromatic rings. The van der Waals surface area contributed by atoms with Gasteiger partial charge in [-0.25, -0.2) is 5.84 Å². The molecule has 5 N–H and O–H groups in total. The van der Waals surface area contributed by atoms with Gasteiger partial charge in [-0.1, -0.05) is 11.6 Å². The van der Waals surface area contributed by atoms with Gasteiger partial charge in [0.1, 0.15) is 0 Å². The fourth-order valence-corrected chi connectivity index (χ4v) is 1.35. The SMILES string of the molecule is Cc1cc(Cl)ccc1N(N)/C=C(\N)O. The summed E-state index contributed by atoms with van der Waals surface area (Å²) in [5.41, 5.74) is 6.71. The van der Waals surface area contributed by atoms with Gasteiger partial charge in [-0.05, 0) is 30.7 Å². The first-order valence-electron chi connectivity index (χ1n) is 3.97. The molecule has 0 saturated carbocycles. The van der Waals surface area contributed by atoms with Gasteiger partial charge < -0.3 is 10.8 Å². The van der Waals surface area contributed by atoms with Crippen LogP contribution in [-0.4, -0.2) is 5.11 Å². The highest BCUT2D eigenvalue weighted by Gasteiger charge is 2.03. The quantitative estimate of drug-likeness (QED) is 0.397. The predicted molar refractivity (Wildman–Crippen MR) is 57.8 cm³/mol. The zero-order valence-corrected chi connectivity index (χ0v) is 8.49. The highest BCUT2D eigenvalue weighted by atomic mass is 35.5. The molecular formula is C9H12ClN3O. The van der Waals surface area contributed by atoms with Crippen molar-refractivity contribution in [3.05, 3.63) is 40.9 Å². The van der Waals surface area contributed by atoms with E-state index in [-0.39, 0.29) is 5.88 Å². The standard InChI is InChI=1S/C9H12ClN3O/c1-6-4-7(10)2-3-8(6)13(12)5-9(11)14/h2-5,14H,11-12H2,1H3/b9-5+. The molecule has 0 heterocycles. The van der Waals surface area contributed by atoms with Crippen molar-refractivity contribution >= 4 is 17.3 Å². The van der Waals surface area contributed by atoms with E-state index in [0.717, 1.165) is 11.3 Å². The van der Waals surface area contributed by atoms with Crippen LogP contribution >= 0.6 is 11.6 Å². The van der Waals surface area contributed by atoms with E-state index >= 15 is 0 Å². The molecule has 0 fully saturated rings. The van der Waals surface area contributed by atoms with Crippen molar-refractivity contribution in [2.45, 2.75) is 6.92 Å². The van der Waals surface area contributed by atoms with Crippen LogP contribution in [0.2, 0.25) is 5.02 Å². The Labute approximate surface area is 87.3 Å². The summed E-state index contributed by atoms with van der Waals surface area (Å²) in [7, 11) is 0.